The number of aliphatic hydroxyl groups excluding tert-OH is 2. The zero-order valence-electron chi connectivity index (χ0n) is 29.5. The van der Waals surface area contributed by atoms with E-state index >= 15 is 0 Å². The highest BCUT2D eigenvalue weighted by Gasteiger charge is 2.59. The van der Waals surface area contributed by atoms with Gasteiger partial charge in [0.2, 0.25) is 22.9 Å². The van der Waals surface area contributed by atoms with E-state index in [4.69, 9.17) is 34.7 Å². The fourth-order valence-corrected chi connectivity index (χ4v) is 19.1. The number of aliphatic hydroxyl groups is 2. The van der Waals surface area contributed by atoms with E-state index < -0.39 is 53.3 Å². The van der Waals surface area contributed by atoms with Gasteiger partial charge in [-0.3, -0.25) is 0 Å². The van der Waals surface area contributed by atoms with Gasteiger partial charge in [-0.05, 0) is 50.9 Å². The molecule has 1 aromatic carbocycles. The van der Waals surface area contributed by atoms with E-state index in [1.165, 1.54) is 6.08 Å². The predicted molar refractivity (Wildman–Crippen MR) is 186 cm³/mol. The lowest BCUT2D eigenvalue weighted by Crippen LogP contribution is -2.68. The Bertz CT molecular complexity index is 1070. The van der Waals surface area contributed by atoms with Crippen LogP contribution in [-0.4, -0.2) is 70.1 Å². The van der Waals surface area contributed by atoms with E-state index in [1.807, 2.05) is 0 Å². The summed E-state index contributed by atoms with van der Waals surface area (Å²) in [6.07, 6.45) is -4.36. The molecule has 0 unspecified atom stereocenters. The second-order valence-corrected chi connectivity index (χ2v) is 25.4. The number of carbonyl (C=O) groups excluding carboxylic acids is 1. The van der Waals surface area contributed by atoms with Gasteiger partial charge in [0.25, 0.3) is 0 Å². The summed E-state index contributed by atoms with van der Waals surface area (Å²) in [6.45, 7) is 29.4. The van der Waals surface area contributed by atoms with E-state index in [0.717, 1.165) is 0 Å². The summed E-state index contributed by atoms with van der Waals surface area (Å²) in [5.74, 6) is -0.398. The molecule has 1 aliphatic heterocycles. The van der Waals surface area contributed by atoms with Crippen LogP contribution in [0.5, 0.6) is 5.75 Å². The van der Waals surface area contributed by atoms with Crippen molar-refractivity contribution in [2.75, 3.05) is 6.61 Å². The number of ether oxygens (including phenoxy) is 3. The first-order valence-electron chi connectivity index (χ1n) is 16.4. The molecule has 0 spiro atoms. The lowest BCUT2D eigenvalue weighted by atomic mass is 9.99. The lowest BCUT2D eigenvalue weighted by Gasteiger charge is -2.53. The topological polar surface area (TPSA) is 104 Å². The molecule has 0 aromatic heterocycles. The molecule has 1 saturated heterocycles. The van der Waals surface area contributed by atoms with Gasteiger partial charge in [0.1, 0.15) is 30.7 Å². The Morgan fingerprint density at radius 3 is 1.76 bits per heavy atom. The zero-order valence-corrected chi connectivity index (χ0v) is 32.3. The first-order chi connectivity index (χ1) is 20.9. The van der Waals surface area contributed by atoms with Crippen molar-refractivity contribution in [1.29, 1.82) is 0 Å². The normalized spacial score (nSPS) is 23.1. The van der Waals surface area contributed by atoms with Crippen LogP contribution in [0, 0.1) is 0 Å². The number of benzene rings is 1. The van der Waals surface area contributed by atoms with Gasteiger partial charge < -0.3 is 33.3 Å². The Balaban J connectivity index is 2.80. The SMILES string of the molecule is C=CCOC(=O)[C@H]1O[C@@H](Oc2ccc(CO)cc2Cl)[C@H](O[Si](C(C)C)(C(C)C)C(C)C)[C@@H](O)[C@@H]1O[Si](C(C)C)(C(C)C)C(C)C. The third-order valence-electron chi connectivity index (χ3n) is 9.61. The van der Waals surface area contributed by atoms with Gasteiger partial charge in [0.05, 0.1) is 11.6 Å². The molecule has 0 amide bonds. The highest BCUT2D eigenvalue weighted by molar-refractivity contribution is 6.78. The van der Waals surface area contributed by atoms with Crippen LogP contribution in [0.2, 0.25) is 38.3 Å². The van der Waals surface area contributed by atoms with Crippen LogP contribution >= 0.6 is 11.6 Å². The van der Waals surface area contributed by atoms with Crippen molar-refractivity contribution in [1.82, 2.24) is 0 Å². The third kappa shape index (κ3) is 8.43. The monoisotopic (exact) mass is 686 g/mol. The molecule has 1 fully saturated rings. The molecule has 0 bridgehead atoms. The van der Waals surface area contributed by atoms with Crippen molar-refractivity contribution in [3.63, 3.8) is 0 Å². The largest absolute Gasteiger partial charge is 0.460 e. The Kier molecular flexibility index (Phi) is 14.8. The van der Waals surface area contributed by atoms with Crippen LogP contribution in [0.1, 0.15) is 88.6 Å². The zero-order chi connectivity index (χ0) is 34.4. The molecule has 2 rings (SSSR count). The number of halogens is 1. The maximum atomic E-state index is 13.7. The van der Waals surface area contributed by atoms with E-state index in [9.17, 15) is 15.0 Å². The smallest absolute Gasteiger partial charge is 0.338 e. The van der Waals surface area contributed by atoms with Gasteiger partial charge in [-0.1, -0.05) is 113 Å². The molecule has 45 heavy (non-hydrogen) atoms. The molecule has 5 atom stereocenters. The summed E-state index contributed by atoms with van der Waals surface area (Å²) in [7, 11) is -5.27. The van der Waals surface area contributed by atoms with E-state index in [2.05, 4.69) is 89.7 Å². The summed E-state index contributed by atoms with van der Waals surface area (Å²) < 4.78 is 32.8. The van der Waals surface area contributed by atoms with Gasteiger partial charge in [-0.2, -0.15) is 0 Å². The average molecular weight is 687 g/mol. The summed E-state index contributed by atoms with van der Waals surface area (Å²) >= 11 is 6.58. The van der Waals surface area contributed by atoms with Crippen LogP contribution in [0.15, 0.2) is 30.9 Å². The minimum atomic E-state index is -2.64. The fourth-order valence-electron chi connectivity index (χ4n) is 7.74. The van der Waals surface area contributed by atoms with Gasteiger partial charge >= 0.3 is 5.97 Å². The van der Waals surface area contributed by atoms with Crippen LogP contribution in [0.4, 0.5) is 0 Å². The van der Waals surface area contributed by atoms with Crippen molar-refractivity contribution in [2.24, 2.45) is 0 Å². The molecular formula is C34H59ClO8Si2. The maximum absolute atomic E-state index is 13.7. The average Bonchev–Trinajstić information content (AvgIpc) is 2.94. The van der Waals surface area contributed by atoms with Gasteiger partial charge in [0.15, 0.2) is 6.10 Å². The summed E-state index contributed by atoms with van der Waals surface area (Å²) in [6, 6.07) is 4.94. The summed E-state index contributed by atoms with van der Waals surface area (Å²) in [5, 5.41) is 22.3. The Morgan fingerprint density at radius 2 is 1.36 bits per heavy atom. The number of hydrogen-bond acceptors (Lipinski definition) is 8. The molecule has 11 heteroatoms. The van der Waals surface area contributed by atoms with Crippen LogP contribution in [0.3, 0.4) is 0 Å². The van der Waals surface area contributed by atoms with Crippen molar-refractivity contribution in [3.05, 3.63) is 41.4 Å². The molecule has 0 aliphatic carbocycles. The van der Waals surface area contributed by atoms with Crippen molar-refractivity contribution < 1.29 is 38.1 Å². The molecule has 2 N–H and O–H groups in total. The predicted octanol–water partition coefficient (Wildman–Crippen LogP) is 8.15. The molecule has 1 heterocycles. The molecule has 1 aliphatic rings. The highest BCUT2D eigenvalue weighted by atomic mass is 35.5. The Labute approximate surface area is 279 Å². The number of hydrogen-bond donors (Lipinski definition) is 2. The minimum Gasteiger partial charge on any atom is -0.460 e. The number of esters is 1. The van der Waals surface area contributed by atoms with Crippen LogP contribution < -0.4 is 4.74 Å². The Hall–Kier alpha value is -1.25. The number of rotatable bonds is 16. The quantitative estimate of drug-likeness (QED) is 0.102. The highest BCUT2D eigenvalue weighted by Crippen LogP contribution is 2.48. The summed E-state index contributed by atoms with van der Waals surface area (Å²) in [4.78, 5) is 13.7. The molecule has 8 nitrogen and oxygen atoms in total. The summed E-state index contributed by atoms with van der Waals surface area (Å²) in [5.41, 5.74) is 1.76. The first-order valence-corrected chi connectivity index (χ1v) is 21.1. The standard InChI is InChI=1S/C34H59ClO8Si2/c1-14-17-39-33(38)32-30(42-44(20(2)3,21(4)5)22(6)7)29(37)31(43-45(23(8)9,24(10)11)25(12)13)34(41-32)40-28-16-15-26(19-36)18-27(28)35/h14-16,18,20-25,29-32,34,36-37H,1,17,19H2,2-13H3/t29-,30-,31+,32-,34+/m0/s1. The van der Waals surface area contributed by atoms with Crippen molar-refractivity contribution in [2.45, 2.75) is 154 Å². The van der Waals surface area contributed by atoms with E-state index in [1.54, 1.807) is 18.2 Å². The fraction of sp³-hybridized carbons (Fsp3) is 0.735. The van der Waals surface area contributed by atoms with E-state index in [0.29, 0.717) is 5.56 Å². The van der Waals surface area contributed by atoms with Gasteiger partial charge in [0, 0.05) is 0 Å². The Morgan fingerprint density at radius 1 is 0.889 bits per heavy atom. The van der Waals surface area contributed by atoms with Gasteiger partial charge in [-0.25, -0.2) is 4.79 Å². The third-order valence-corrected chi connectivity index (χ3v) is 22.1. The molecular weight excluding hydrogens is 628 g/mol. The lowest BCUT2D eigenvalue weighted by molar-refractivity contribution is -0.266. The van der Waals surface area contributed by atoms with Crippen molar-refractivity contribution in [3.8, 4) is 5.75 Å². The molecule has 1 aromatic rings. The van der Waals surface area contributed by atoms with Gasteiger partial charge in [-0.15, -0.1) is 0 Å². The molecule has 0 radical (unpaired) electrons. The van der Waals surface area contributed by atoms with Crippen LogP contribution in [0.25, 0.3) is 0 Å². The van der Waals surface area contributed by atoms with Crippen molar-refractivity contribution >= 4 is 34.2 Å². The second kappa shape index (κ2) is 16.7. The maximum Gasteiger partial charge on any atom is 0.338 e. The minimum absolute atomic E-state index is 0.0212. The first kappa shape index (κ1) is 39.9. The van der Waals surface area contributed by atoms with E-state index in [-0.39, 0.29) is 57.2 Å². The second-order valence-electron chi connectivity index (χ2n) is 14.2. The number of carbonyl (C=O) groups is 1. The molecule has 258 valence electrons. The van der Waals surface area contributed by atoms with Crippen LogP contribution in [-0.2, 0) is 29.7 Å². The molecule has 0 saturated carbocycles.